The number of furan rings is 1. The summed E-state index contributed by atoms with van der Waals surface area (Å²) < 4.78 is 4.91. The van der Waals surface area contributed by atoms with Gasteiger partial charge in [0.1, 0.15) is 5.78 Å². The van der Waals surface area contributed by atoms with Gasteiger partial charge in [-0.15, -0.1) is 0 Å². The first-order valence-corrected chi connectivity index (χ1v) is 5.87. The van der Waals surface area contributed by atoms with Crippen LogP contribution in [0.4, 0.5) is 0 Å². The van der Waals surface area contributed by atoms with Gasteiger partial charge in [-0.1, -0.05) is 29.3 Å². The molecule has 0 aliphatic heterocycles. The van der Waals surface area contributed by atoms with Crippen molar-refractivity contribution in [1.29, 1.82) is 0 Å². The first kappa shape index (κ1) is 12.2. The summed E-state index contributed by atoms with van der Waals surface area (Å²) in [7, 11) is 0. The molecule has 88 valence electrons. The van der Waals surface area contributed by atoms with E-state index in [0.717, 1.165) is 11.1 Å². The number of ketones is 1. The van der Waals surface area contributed by atoms with E-state index in [1.807, 2.05) is 6.07 Å². The molecule has 1 heterocycles. The lowest BCUT2D eigenvalue weighted by Crippen LogP contribution is -2.05. The molecule has 0 saturated carbocycles. The van der Waals surface area contributed by atoms with Gasteiger partial charge in [0.15, 0.2) is 0 Å². The van der Waals surface area contributed by atoms with E-state index < -0.39 is 0 Å². The van der Waals surface area contributed by atoms with Gasteiger partial charge in [0.05, 0.1) is 22.6 Å². The standard InChI is InChI=1S/C13H10Cl2O2/c14-12-2-1-9(7-13(12)15)5-11(16)6-10-3-4-17-8-10/h1-4,7-8H,5-6H2. The van der Waals surface area contributed by atoms with Crippen LogP contribution in [0.15, 0.2) is 41.2 Å². The van der Waals surface area contributed by atoms with Gasteiger partial charge in [0.25, 0.3) is 0 Å². The average molecular weight is 269 g/mol. The van der Waals surface area contributed by atoms with Crippen molar-refractivity contribution in [3.05, 3.63) is 58.0 Å². The number of hydrogen-bond acceptors (Lipinski definition) is 2. The van der Waals surface area contributed by atoms with E-state index in [1.54, 1.807) is 30.7 Å². The summed E-state index contributed by atoms with van der Waals surface area (Å²) in [6, 6.07) is 7.01. The van der Waals surface area contributed by atoms with E-state index in [9.17, 15) is 4.79 Å². The van der Waals surface area contributed by atoms with Gasteiger partial charge in [-0.05, 0) is 29.3 Å². The van der Waals surface area contributed by atoms with Gasteiger partial charge in [0, 0.05) is 12.8 Å². The van der Waals surface area contributed by atoms with Crippen LogP contribution in [0.3, 0.4) is 0 Å². The molecular formula is C13H10Cl2O2. The Morgan fingerprint density at radius 3 is 2.47 bits per heavy atom. The van der Waals surface area contributed by atoms with E-state index in [1.165, 1.54) is 0 Å². The first-order valence-electron chi connectivity index (χ1n) is 5.12. The summed E-state index contributed by atoms with van der Waals surface area (Å²) in [5.41, 5.74) is 1.75. The Balaban J connectivity index is 2.00. The van der Waals surface area contributed by atoms with Crippen LogP contribution in [-0.4, -0.2) is 5.78 Å². The number of carbonyl (C=O) groups is 1. The molecule has 0 saturated heterocycles. The molecular weight excluding hydrogens is 259 g/mol. The predicted molar refractivity (Wildman–Crippen MR) is 67.6 cm³/mol. The molecule has 0 aliphatic rings. The van der Waals surface area contributed by atoms with Crippen molar-refractivity contribution < 1.29 is 9.21 Å². The minimum absolute atomic E-state index is 0.116. The zero-order chi connectivity index (χ0) is 12.3. The van der Waals surface area contributed by atoms with Crippen molar-refractivity contribution in [2.75, 3.05) is 0 Å². The van der Waals surface area contributed by atoms with Crippen molar-refractivity contribution in [3.8, 4) is 0 Å². The maximum absolute atomic E-state index is 11.8. The van der Waals surface area contributed by atoms with Crippen LogP contribution < -0.4 is 0 Å². The van der Waals surface area contributed by atoms with Crippen LogP contribution in [-0.2, 0) is 17.6 Å². The Morgan fingerprint density at radius 2 is 1.82 bits per heavy atom. The smallest absolute Gasteiger partial charge is 0.141 e. The highest BCUT2D eigenvalue weighted by atomic mass is 35.5. The average Bonchev–Trinajstić information content (AvgIpc) is 2.76. The molecule has 2 nitrogen and oxygen atoms in total. The van der Waals surface area contributed by atoms with E-state index in [0.29, 0.717) is 22.9 Å². The van der Waals surface area contributed by atoms with E-state index in [-0.39, 0.29) is 5.78 Å². The molecule has 0 N–H and O–H groups in total. The molecule has 0 spiro atoms. The molecule has 0 radical (unpaired) electrons. The Kier molecular flexibility index (Phi) is 3.87. The minimum atomic E-state index is 0.116. The number of Topliss-reactive ketones (excluding diaryl/α,β-unsaturated/α-hetero) is 1. The van der Waals surface area contributed by atoms with Crippen molar-refractivity contribution in [2.45, 2.75) is 12.8 Å². The monoisotopic (exact) mass is 268 g/mol. The van der Waals surface area contributed by atoms with Gasteiger partial charge >= 0.3 is 0 Å². The minimum Gasteiger partial charge on any atom is -0.472 e. The van der Waals surface area contributed by atoms with Crippen molar-refractivity contribution in [3.63, 3.8) is 0 Å². The van der Waals surface area contributed by atoms with Crippen LogP contribution >= 0.6 is 23.2 Å². The molecule has 0 bridgehead atoms. The molecule has 0 aliphatic carbocycles. The fraction of sp³-hybridized carbons (Fsp3) is 0.154. The van der Waals surface area contributed by atoms with E-state index >= 15 is 0 Å². The lowest BCUT2D eigenvalue weighted by Gasteiger charge is -2.02. The third-order valence-electron chi connectivity index (χ3n) is 2.37. The highest BCUT2D eigenvalue weighted by molar-refractivity contribution is 6.42. The molecule has 0 atom stereocenters. The number of carbonyl (C=O) groups excluding carboxylic acids is 1. The van der Waals surface area contributed by atoms with Crippen LogP contribution in [0.25, 0.3) is 0 Å². The fourth-order valence-electron chi connectivity index (χ4n) is 1.56. The second-order valence-electron chi connectivity index (χ2n) is 3.77. The lowest BCUT2D eigenvalue weighted by molar-refractivity contribution is -0.117. The molecule has 2 aromatic rings. The molecule has 0 amide bonds. The fourth-order valence-corrected chi connectivity index (χ4v) is 1.88. The zero-order valence-electron chi connectivity index (χ0n) is 8.95. The maximum Gasteiger partial charge on any atom is 0.141 e. The van der Waals surface area contributed by atoms with Crippen molar-refractivity contribution in [1.82, 2.24) is 0 Å². The highest BCUT2D eigenvalue weighted by Crippen LogP contribution is 2.23. The topological polar surface area (TPSA) is 30.2 Å². The second-order valence-corrected chi connectivity index (χ2v) is 4.59. The molecule has 2 rings (SSSR count). The van der Waals surface area contributed by atoms with E-state index in [2.05, 4.69) is 0 Å². The van der Waals surface area contributed by atoms with Gasteiger partial charge in [-0.25, -0.2) is 0 Å². The Bertz CT molecular complexity index is 518. The van der Waals surface area contributed by atoms with Crippen LogP contribution in [0.1, 0.15) is 11.1 Å². The molecule has 1 aromatic carbocycles. The summed E-state index contributed by atoms with van der Waals surface area (Å²) in [6.07, 6.45) is 3.85. The van der Waals surface area contributed by atoms with Gasteiger partial charge < -0.3 is 4.42 Å². The number of rotatable bonds is 4. The quantitative estimate of drug-likeness (QED) is 0.841. The van der Waals surface area contributed by atoms with Crippen LogP contribution in [0, 0.1) is 0 Å². The van der Waals surface area contributed by atoms with E-state index in [4.69, 9.17) is 27.6 Å². The molecule has 0 unspecified atom stereocenters. The number of halogens is 2. The third-order valence-corrected chi connectivity index (χ3v) is 3.11. The number of hydrogen-bond donors (Lipinski definition) is 0. The predicted octanol–water partition coefficient (Wildman–Crippen LogP) is 3.94. The SMILES string of the molecule is O=C(Cc1ccoc1)Cc1ccc(Cl)c(Cl)c1. The van der Waals surface area contributed by atoms with Gasteiger partial charge in [0.2, 0.25) is 0 Å². The second kappa shape index (κ2) is 5.39. The summed E-state index contributed by atoms with van der Waals surface area (Å²) in [4.78, 5) is 11.8. The van der Waals surface area contributed by atoms with Crippen molar-refractivity contribution in [2.24, 2.45) is 0 Å². The van der Waals surface area contributed by atoms with Crippen LogP contribution in [0.2, 0.25) is 10.0 Å². The number of benzene rings is 1. The van der Waals surface area contributed by atoms with Crippen LogP contribution in [0.5, 0.6) is 0 Å². The Morgan fingerprint density at radius 1 is 1.06 bits per heavy atom. The third kappa shape index (κ3) is 3.35. The van der Waals surface area contributed by atoms with Crippen molar-refractivity contribution >= 4 is 29.0 Å². The Hall–Kier alpha value is -1.25. The summed E-state index contributed by atoms with van der Waals surface area (Å²) in [6.45, 7) is 0. The zero-order valence-corrected chi connectivity index (χ0v) is 10.5. The van der Waals surface area contributed by atoms with Gasteiger partial charge in [-0.3, -0.25) is 4.79 Å². The summed E-state index contributed by atoms with van der Waals surface area (Å²) >= 11 is 11.7. The molecule has 0 fully saturated rings. The summed E-state index contributed by atoms with van der Waals surface area (Å²) in [5, 5.41) is 0.970. The summed E-state index contributed by atoms with van der Waals surface area (Å²) in [5.74, 6) is 0.116. The largest absolute Gasteiger partial charge is 0.472 e. The Labute approximate surface area is 109 Å². The molecule has 17 heavy (non-hydrogen) atoms. The maximum atomic E-state index is 11.8. The highest BCUT2D eigenvalue weighted by Gasteiger charge is 2.07. The first-order chi connectivity index (χ1) is 8.15. The van der Waals surface area contributed by atoms with Gasteiger partial charge in [-0.2, -0.15) is 0 Å². The molecule has 4 heteroatoms. The lowest BCUT2D eigenvalue weighted by atomic mass is 10.0. The normalized spacial score (nSPS) is 10.5. The molecule has 1 aromatic heterocycles.